The van der Waals surface area contributed by atoms with E-state index >= 15 is 0 Å². The Morgan fingerprint density at radius 1 is 1.41 bits per heavy atom. The Kier molecular flexibility index (Phi) is 4.12. The largest absolute Gasteiger partial charge is 0.325 e. The number of carbonyl (C=O) groups excluding carboxylic acids is 1. The van der Waals surface area contributed by atoms with Crippen molar-refractivity contribution >= 4 is 27.5 Å². The van der Waals surface area contributed by atoms with Gasteiger partial charge in [-0.1, -0.05) is 0 Å². The lowest BCUT2D eigenvalue weighted by Gasteiger charge is -2.22. The van der Waals surface area contributed by atoms with Gasteiger partial charge in [-0.15, -0.1) is 0 Å². The van der Waals surface area contributed by atoms with Crippen LogP contribution >= 0.6 is 15.9 Å². The zero-order valence-electron chi connectivity index (χ0n) is 9.30. The fourth-order valence-corrected chi connectivity index (χ4v) is 2.36. The van der Waals surface area contributed by atoms with E-state index in [2.05, 4.69) is 26.6 Å². The summed E-state index contributed by atoms with van der Waals surface area (Å²) in [5, 5.41) is 6.04. The first-order valence-corrected chi connectivity index (χ1v) is 6.43. The SMILES string of the molecule is O=C(Nc1ccc(F)cc1Br)C1CCNCC1. The van der Waals surface area contributed by atoms with Gasteiger partial charge in [0.1, 0.15) is 5.82 Å². The predicted molar refractivity (Wildman–Crippen MR) is 68.3 cm³/mol. The lowest BCUT2D eigenvalue weighted by atomic mass is 9.97. The Balaban J connectivity index is 2.02. The number of amides is 1. The summed E-state index contributed by atoms with van der Waals surface area (Å²) in [6.07, 6.45) is 1.70. The maximum Gasteiger partial charge on any atom is 0.227 e. The highest BCUT2D eigenvalue weighted by Gasteiger charge is 2.21. The van der Waals surface area contributed by atoms with Crippen molar-refractivity contribution < 1.29 is 9.18 Å². The van der Waals surface area contributed by atoms with Crippen molar-refractivity contribution in [2.24, 2.45) is 5.92 Å². The lowest BCUT2D eigenvalue weighted by molar-refractivity contribution is -0.120. The molecule has 2 rings (SSSR count). The van der Waals surface area contributed by atoms with Gasteiger partial charge in [-0.3, -0.25) is 4.79 Å². The van der Waals surface area contributed by atoms with Crippen molar-refractivity contribution in [1.82, 2.24) is 5.32 Å². The molecule has 17 heavy (non-hydrogen) atoms. The third-order valence-electron chi connectivity index (χ3n) is 2.90. The molecule has 92 valence electrons. The zero-order valence-corrected chi connectivity index (χ0v) is 10.9. The molecule has 5 heteroatoms. The lowest BCUT2D eigenvalue weighted by Crippen LogP contribution is -2.34. The minimum absolute atomic E-state index is 0.0128. The van der Waals surface area contributed by atoms with Gasteiger partial charge in [0.2, 0.25) is 5.91 Å². The van der Waals surface area contributed by atoms with Crippen LogP contribution in [0.2, 0.25) is 0 Å². The molecule has 2 N–H and O–H groups in total. The second kappa shape index (κ2) is 5.60. The van der Waals surface area contributed by atoms with Crippen LogP contribution in [-0.2, 0) is 4.79 Å². The van der Waals surface area contributed by atoms with Gasteiger partial charge in [0, 0.05) is 10.4 Å². The van der Waals surface area contributed by atoms with Crippen molar-refractivity contribution in [1.29, 1.82) is 0 Å². The Labute approximate surface area is 108 Å². The number of carbonyl (C=O) groups is 1. The highest BCUT2D eigenvalue weighted by molar-refractivity contribution is 9.10. The van der Waals surface area contributed by atoms with Gasteiger partial charge in [-0.05, 0) is 60.1 Å². The Bertz CT molecular complexity index is 419. The number of rotatable bonds is 2. The second-order valence-electron chi connectivity index (χ2n) is 4.14. The van der Waals surface area contributed by atoms with Crippen molar-refractivity contribution in [3.63, 3.8) is 0 Å². The van der Waals surface area contributed by atoms with E-state index in [9.17, 15) is 9.18 Å². The Morgan fingerprint density at radius 2 is 2.12 bits per heavy atom. The maximum atomic E-state index is 12.9. The standard InChI is InChI=1S/C12H14BrFN2O/c13-10-7-9(14)1-2-11(10)16-12(17)8-3-5-15-6-4-8/h1-2,7-8,15H,3-6H2,(H,16,17). The number of hydrogen-bond acceptors (Lipinski definition) is 2. The summed E-state index contributed by atoms with van der Waals surface area (Å²) in [6, 6.07) is 4.25. The van der Waals surface area contributed by atoms with Gasteiger partial charge < -0.3 is 10.6 Å². The number of anilines is 1. The fourth-order valence-electron chi connectivity index (χ4n) is 1.91. The van der Waals surface area contributed by atoms with E-state index in [1.807, 2.05) is 0 Å². The average Bonchev–Trinajstić information content (AvgIpc) is 2.34. The second-order valence-corrected chi connectivity index (χ2v) is 4.99. The molecule has 0 radical (unpaired) electrons. The normalized spacial score (nSPS) is 16.8. The van der Waals surface area contributed by atoms with E-state index in [1.165, 1.54) is 12.1 Å². The van der Waals surface area contributed by atoms with Gasteiger partial charge >= 0.3 is 0 Å². The molecule has 0 saturated carbocycles. The minimum Gasteiger partial charge on any atom is -0.325 e. The summed E-state index contributed by atoms with van der Waals surface area (Å²) < 4.78 is 13.5. The molecule has 3 nitrogen and oxygen atoms in total. The quantitative estimate of drug-likeness (QED) is 0.881. The maximum absolute atomic E-state index is 12.9. The smallest absolute Gasteiger partial charge is 0.227 e. The molecule has 0 atom stereocenters. The van der Waals surface area contributed by atoms with Gasteiger partial charge in [0.15, 0.2) is 0 Å². The van der Waals surface area contributed by atoms with Crippen LogP contribution in [0.3, 0.4) is 0 Å². The van der Waals surface area contributed by atoms with Crippen LogP contribution in [0.5, 0.6) is 0 Å². The van der Waals surface area contributed by atoms with E-state index in [0.29, 0.717) is 10.2 Å². The Morgan fingerprint density at radius 3 is 2.76 bits per heavy atom. The molecule has 1 aromatic rings. The number of nitrogens with one attached hydrogen (secondary N) is 2. The van der Waals surface area contributed by atoms with Crippen molar-refractivity contribution in [2.45, 2.75) is 12.8 Å². The van der Waals surface area contributed by atoms with Crippen LogP contribution in [0.1, 0.15) is 12.8 Å². The monoisotopic (exact) mass is 300 g/mol. The third-order valence-corrected chi connectivity index (χ3v) is 3.56. The van der Waals surface area contributed by atoms with E-state index in [0.717, 1.165) is 25.9 Å². The molecule has 0 bridgehead atoms. The van der Waals surface area contributed by atoms with Crippen LogP contribution in [0.25, 0.3) is 0 Å². The van der Waals surface area contributed by atoms with Crippen LogP contribution < -0.4 is 10.6 Å². The summed E-state index contributed by atoms with van der Waals surface area (Å²) in [4.78, 5) is 12.0. The molecule has 1 heterocycles. The molecular weight excluding hydrogens is 287 g/mol. The summed E-state index contributed by atoms with van der Waals surface area (Å²) in [5.41, 5.74) is 0.620. The number of halogens is 2. The van der Waals surface area contributed by atoms with Crippen LogP contribution in [0.4, 0.5) is 10.1 Å². The van der Waals surface area contributed by atoms with E-state index < -0.39 is 0 Å². The molecule has 1 aliphatic heterocycles. The van der Waals surface area contributed by atoms with Gasteiger partial charge in [-0.2, -0.15) is 0 Å². The molecule has 1 fully saturated rings. The molecule has 0 spiro atoms. The first-order chi connectivity index (χ1) is 8.16. The van der Waals surface area contributed by atoms with E-state index in [-0.39, 0.29) is 17.6 Å². The summed E-state index contributed by atoms with van der Waals surface area (Å²) in [5.74, 6) is -0.260. The third kappa shape index (κ3) is 3.26. The molecule has 1 aliphatic rings. The molecule has 1 saturated heterocycles. The van der Waals surface area contributed by atoms with Gasteiger partial charge in [-0.25, -0.2) is 4.39 Å². The topological polar surface area (TPSA) is 41.1 Å². The Hall–Kier alpha value is -0.940. The van der Waals surface area contributed by atoms with Crippen LogP contribution in [0, 0.1) is 11.7 Å². The van der Waals surface area contributed by atoms with E-state index in [1.54, 1.807) is 6.07 Å². The first kappa shape index (κ1) is 12.5. The molecule has 0 aromatic heterocycles. The minimum atomic E-state index is -0.322. The van der Waals surface area contributed by atoms with Gasteiger partial charge in [0.25, 0.3) is 0 Å². The van der Waals surface area contributed by atoms with Crippen molar-refractivity contribution in [3.05, 3.63) is 28.5 Å². The van der Waals surface area contributed by atoms with Crippen LogP contribution in [0.15, 0.2) is 22.7 Å². The molecular formula is C12H14BrFN2O. The first-order valence-electron chi connectivity index (χ1n) is 5.63. The summed E-state index contributed by atoms with van der Waals surface area (Å²) >= 11 is 3.23. The molecule has 0 unspecified atom stereocenters. The highest BCUT2D eigenvalue weighted by Crippen LogP contribution is 2.24. The number of piperidine rings is 1. The number of benzene rings is 1. The molecule has 1 amide bonds. The summed E-state index contributed by atoms with van der Waals surface area (Å²) in [6.45, 7) is 1.76. The van der Waals surface area contributed by atoms with Crippen LogP contribution in [-0.4, -0.2) is 19.0 Å². The van der Waals surface area contributed by atoms with Crippen molar-refractivity contribution in [2.75, 3.05) is 18.4 Å². The van der Waals surface area contributed by atoms with Crippen molar-refractivity contribution in [3.8, 4) is 0 Å². The summed E-state index contributed by atoms with van der Waals surface area (Å²) in [7, 11) is 0. The number of hydrogen-bond donors (Lipinski definition) is 2. The zero-order chi connectivity index (χ0) is 12.3. The van der Waals surface area contributed by atoms with Gasteiger partial charge in [0.05, 0.1) is 5.69 Å². The average molecular weight is 301 g/mol. The van der Waals surface area contributed by atoms with E-state index in [4.69, 9.17) is 0 Å². The molecule has 1 aromatic carbocycles. The highest BCUT2D eigenvalue weighted by atomic mass is 79.9. The molecule has 0 aliphatic carbocycles. The fraction of sp³-hybridized carbons (Fsp3) is 0.417. The predicted octanol–water partition coefficient (Wildman–Crippen LogP) is 2.53.